The van der Waals surface area contributed by atoms with Crippen LogP contribution < -0.4 is 14.8 Å². The third kappa shape index (κ3) is 3.35. The quantitative estimate of drug-likeness (QED) is 0.709. The highest BCUT2D eigenvalue weighted by Crippen LogP contribution is 2.36. The van der Waals surface area contributed by atoms with Crippen LogP contribution in [0.5, 0.6) is 11.5 Å². The van der Waals surface area contributed by atoms with Crippen LogP contribution in [0.25, 0.3) is 11.0 Å². The average molecular weight is 332 g/mol. The molecular formula is C17H18ClN3O2. The van der Waals surface area contributed by atoms with Crippen LogP contribution in [0.2, 0.25) is 5.02 Å². The lowest BCUT2D eigenvalue weighted by Crippen LogP contribution is -2.03. The van der Waals surface area contributed by atoms with Crippen molar-refractivity contribution in [2.45, 2.75) is 13.5 Å². The van der Waals surface area contributed by atoms with Crippen molar-refractivity contribution in [2.75, 3.05) is 19.0 Å². The van der Waals surface area contributed by atoms with Gasteiger partial charge in [-0.1, -0.05) is 23.7 Å². The molecule has 120 valence electrons. The number of benzene rings is 2. The lowest BCUT2D eigenvalue weighted by molar-refractivity contribution is 0.311. The van der Waals surface area contributed by atoms with Gasteiger partial charge in [-0.2, -0.15) is 0 Å². The minimum absolute atomic E-state index is 0.534. The number of imidazole rings is 1. The van der Waals surface area contributed by atoms with E-state index in [0.717, 1.165) is 22.5 Å². The topological polar surface area (TPSA) is 59.2 Å². The molecule has 2 aromatic carbocycles. The van der Waals surface area contributed by atoms with E-state index in [-0.39, 0.29) is 0 Å². The Hall–Kier alpha value is -2.40. The fraction of sp³-hybridized carbons (Fsp3) is 0.235. The van der Waals surface area contributed by atoms with Gasteiger partial charge in [0.05, 0.1) is 29.8 Å². The summed E-state index contributed by atoms with van der Waals surface area (Å²) < 4.78 is 10.9. The molecule has 1 heterocycles. The summed E-state index contributed by atoms with van der Waals surface area (Å²) in [7, 11) is 1.60. The normalized spacial score (nSPS) is 10.7. The smallest absolute Gasteiger partial charge is 0.201 e. The molecule has 1 aromatic heterocycles. The van der Waals surface area contributed by atoms with Crippen molar-refractivity contribution in [2.24, 2.45) is 0 Å². The van der Waals surface area contributed by atoms with Crippen molar-refractivity contribution in [3.63, 3.8) is 0 Å². The number of ether oxygens (including phenoxy) is 2. The van der Waals surface area contributed by atoms with Crippen molar-refractivity contribution >= 4 is 28.6 Å². The van der Waals surface area contributed by atoms with Gasteiger partial charge in [0.25, 0.3) is 0 Å². The second kappa shape index (κ2) is 6.79. The van der Waals surface area contributed by atoms with Gasteiger partial charge < -0.3 is 19.8 Å². The minimum atomic E-state index is 0.534. The van der Waals surface area contributed by atoms with Gasteiger partial charge in [0, 0.05) is 6.54 Å². The van der Waals surface area contributed by atoms with Gasteiger partial charge in [0.15, 0.2) is 11.5 Å². The van der Waals surface area contributed by atoms with E-state index in [2.05, 4.69) is 15.3 Å². The lowest BCUT2D eigenvalue weighted by Gasteiger charge is -2.13. The molecule has 3 aromatic rings. The predicted molar refractivity (Wildman–Crippen MR) is 92.6 cm³/mol. The first-order valence-corrected chi connectivity index (χ1v) is 7.77. The number of aromatic amines is 1. The molecule has 23 heavy (non-hydrogen) atoms. The number of methoxy groups -OCH3 is 1. The number of hydrogen-bond donors (Lipinski definition) is 2. The number of nitrogens with zero attached hydrogens (tertiary/aromatic N) is 1. The van der Waals surface area contributed by atoms with Crippen LogP contribution in [0.1, 0.15) is 12.5 Å². The lowest BCUT2D eigenvalue weighted by atomic mass is 10.2. The van der Waals surface area contributed by atoms with E-state index >= 15 is 0 Å². The van der Waals surface area contributed by atoms with Gasteiger partial charge in [0.2, 0.25) is 5.95 Å². The van der Waals surface area contributed by atoms with Crippen molar-refractivity contribution < 1.29 is 9.47 Å². The van der Waals surface area contributed by atoms with Crippen molar-refractivity contribution in [1.29, 1.82) is 0 Å². The largest absolute Gasteiger partial charge is 0.493 e. The summed E-state index contributed by atoms with van der Waals surface area (Å²) >= 11 is 6.28. The Labute approximate surface area is 139 Å². The van der Waals surface area contributed by atoms with Crippen molar-refractivity contribution in [3.8, 4) is 11.5 Å². The van der Waals surface area contributed by atoms with E-state index in [9.17, 15) is 0 Å². The van der Waals surface area contributed by atoms with Crippen LogP contribution in [0.15, 0.2) is 36.4 Å². The molecule has 0 saturated carbocycles. The molecule has 5 nitrogen and oxygen atoms in total. The fourth-order valence-electron chi connectivity index (χ4n) is 2.38. The van der Waals surface area contributed by atoms with Crippen LogP contribution in [-0.4, -0.2) is 23.7 Å². The van der Waals surface area contributed by atoms with E-state index < -0.39 is 0 Å². The number of anilines is 1. The second-order valence-corrected chi connectivity index (χ2v) is 5.41. The summed E-state index contributed by atoms with van der Waals surface area (Å²) in [5.41, 5.74) is 2.91. The van der Waals surface area contributed by atoms with Crippen LogP contribution in [0, 0.1) is 0 Å². The summed E-state index contributed by atoms with van der Waals surface area (Å²) in [5.74, 6) is 1.92. The highest BCUT2D eigenvalue weighted by atomic mass is 35.5. The van der Waals surface area contributed by atoms with Gasteiger partial charge >= 0.3 is 0 Å². The Balaban J connectivity index is 1.78. The van der Waals surface area contributed by atoms with Gasteiger partial charge in [-0.15, -0.1) is 0 Å². The summed E-state index contributed by atoms with van der Waals surface area (Å²) in [5, 5.41) is 3.79. The Morgan fingerprint density at radius 1 is 1.26 bits per heavy atom. The number of fused-ring (bicyclic) bond motifs is 1. The fourth-order valence-corrected chi connectivity index (χ4v) is 2.67. The number of nitrogens with one attached hydrogen (secondary N) is 2. The van der Waals surface area contributed by atoms with Crippen molar-refractivity contribution in [1.82, 2.24) is 9.97 Å². The second-order valence-electron chi connectivity index (χ2n) is 5.00. The zero-order valence-corrected chi connectivity index (χ0v) is 13.8. The predicted octanol–water partition coefficient (Wildman–Crippen LogP) is 4.24. The van der Waals surface area contributed by atoms with Crippen LogP contribution >= 0.6 is 11.6 Å². The first-order chi connectivity index (χ1) is 11.2. The number of aromatic nitrogens is 2. The number of hydrogen-bond acceptors (Lipinski definition) is 4. The SMILES string of the molecule is CCOc1c(Cl)cc(CNc2nc3ccccc3[nH]2)cc1OC. The van der Waals surface area contributed by atoms with Gasteiger partial charge in [-0.05, 0) is 36.8 Å². The van der Waals surface area contributed by atoms with E-state index in [0.29, 0.717) is 29.7 Å². The summed E-state index contributed by atoms with van der Waals surface area (Å²) in [4.78, 5) is 7.71. The Morgan fingerprint density at radius 2 is 2.09 bits per heavy atom. The van der Waals surface area contributed by atoms with Gasteiger partial charge in [-0.3, -0.25) is 0 Å². The summed E-state index contributed by atoms with van der Waals surface area (Å²) in [6.45, 7) is 3.02. The maximum absolute atomic E-state index is 6.28. The maximum Gasteiger partial charge on any atom is 0.201 e. The number of para-hydroxylation sites is 2. The summed E-state index contributed by atoms with van der Waals surface area (Å²) in [6, 6.07) is 11.7. The molecule has 0 aliphatic rings. The number of rotatable bonds is 6. The zero-order chi connectivity index (χ0) is 16.2. The van der Waals surface area contributed by atoms with Gasteiger partial charge in [0.1, 0.15) is 0 Å². The maximum atomic E-state index is 6.28. The van der Waals surface area contributed by atoms with E-state index in [1.165, 1.54) is 0 Å². The molecule has 0 amide bonds. The average Bonchev–Trinajstić information content (AvgIpc) is 2.98. The third-order valence-corrected chi connectivity index (χ3v) is 3.71. The highest BCUT2D eigenvalue weighted by Gasteiger charge is 2.12. The monoisotopic (exact) mass is 331 g/mol. The third-order valence-electron chi connectivity index (χ3n) is 3.43. The summed E-state index contributed by atoms with van der Waals surface area (Å²) in [6.07, 6.45) is 0. The van der Waals surface area contributed by atoms with E-state index in [4.69, 9.17) is 21.1 Å². The molecule has 0 bridgehead atoms. The first kappa shape index (κ1) is 15.5. The highest BCUT2D eigenvalue weighted by molar-refractivity contribution is 6.32. The Bertz CT molecular complexity index is 784. The van der Waals surface area contributed by atoms with Crippen LogP contribution in [0.3, 0.4) is 0 Å². The zero-order valence-electron chi connectivity index (χ0n) is 13.0. The van der Waals surface area contributed by atoms with E-state index in [1.54, 1.807) is 7.11 Å². The molecule has 0 unspecified atom stereocenters. The molecule has 2 N–H and O–H groups in total. The van der Waals surface area contributed by atoms with Crippen LogP contribution in [0.4, 0.5) is 5.95 Å². The molecule has 0 radical (unpaired) electrons. The van der Waals surface area contributed by atoms with Crippen molar-refractivity contribution in [3.05, 3.63) is 47.0 Å². The molecule has 3 rings (SSSR count). The first-order valence-electron chi connectivity index (χ1n) is 7.39. The molecule has 0 aliphatic heterocycles. The molecule has 0 spiro atoms. The molecule has 0 fully saturated rings. The Morgan fingerprint density at radius 3 is 2.83 bits per heavy atom. The molecule has 0 atom stereocenters. The molecule has 0 aliphatic carbocycles. The van der Waals surface area contributed by atoms with E-state index in [1.807, 2.05) is 43.3 Å². The van der Waals surface area contributed by atoms with Crippen LogP contribution in [-0.2, 0) is 6.54 Å². The minimum Gasteiger partial charge on any atom is -0.493 e. The molecule has 6 heteroatoms. The van der Waals surface area contributed by atoms with Gasteiger partial charge in [-0.25, -0.2) is 4.98 Å². The molecule has 0 saturated heterocycles. The number of H-pyrrole nitrogens is 1. The standard InChI is InChI=1S/C17H18ClN3O2/c1-3-23-16-12(18)8-11(9-15(16)22-2)10-19-17-20-13-6-4-5-7-14(13)21-17/h4-9H,3,10H2,1-2H3,(H2,19,20,21). The molecular weight excluding hydrogens is 314 g/mol. The number of halogens is 1. The Kier molecular flexibility index (Phi) is 4.57.